The Bertz CT molecular complexity index is 608. The lowest BCUT2D eigenvalue weighted by atomic mass is 10.0. The molecule has 0 bridgehead atoms. The van der Waals surface area contributed by atoms with Crippen LogP contribution >= 0.6 is 0 Å². The first-order valence-corrected chi connectivity index (χ1v) is 5.66. The van der Waals surface area contributed by atoms with Crippen molar-refractivity contribution in [3.05, 3.63) is 45.2 Å². The molecule has 0 amide bonds. The molecule has 0 aliphatic carbocycles. The van der Waals surface area contributed by atoms with Crippen LogP contribution in [0.5, 0.6) is 0 Å². The van der Waals surface area contributed by atoms with Gasteiger partial charge in [0.15, 0.2) is 0 Å². The summed E-state index contributed by atoms with van der Waals surface area (Å²) in [5, 5.41) is 1.19. The highest BCUT2D eigenvalue weighted by Gasteiger charge is 2.07. The molecule has 16 heavy (non-hydrogen) atoms. The van der Waals surface area contributed by atoms with Crippen LogP contribution in [0.15, 0.2) is 23.0 Å². The zero-order chi connectivity index (χ0) is 11.9. The van der Waals surface area contributed by atoms with Crippen LogP contribution in [-0.2, 0) is 6.54 Å². The Kier molecular flexibility index (Phi) is 2.58. The van der Waals surface area contributed by atoms with Gasteiger partial charge in [-0.1, -0.05) is 11.6 Å². The number of pyridine rings is 1. The summed E-state index contributed by atoms with van der Waals surface area (Å²) in [7, 11) is 0. The van der Waals surface area contributed by atoms with Crippen LogP contribution < -0.4 is 5.56 Å². The summed E-state index contributed by atoms with van der Waals surface area (Å²) < 4.78 is 1.84. The molecule has 0 atom stereocenters. The number of aryl methyl sites for hydroxylation is 4. The third kappa shape index (κ3) is 1.54. The molecule has 2 aromatic rings. The van der Waals surface area contributed by atoms with Crippen molar-refractivity contribution in [3.8, 4) is 0 Å². The maximum absolute atomic E-state index is 11.9. The average molecular weight is 215 g/mol. The van der Waals surface area contributed by atoms with Crippen LogP contribution in [0, 0.1) is 20.8 Å². The Hall–Kier alpha value is -1.57. The maximum atomic E-state index is 11.9. The topological polar surface area (TPSA) is 22.0 Å². The van der Waals surface area contributed by atoms with Crippen molar-refractivity contribution >= 4 is 10.9 Å². The van der Waals surface area contributed by atoms with E-state index in [1.54, 1.807) is 6.07 Å². The van der Waals surface area contributed by atoms with E-state index >= 15 is 0 Å². The molecular formula is C14H17NO. The van der Waals surface area contributed by atoms with Gasteiger partial charge in [0.05, 0.1) is 5.52 Å². The summed E-state index contributed by atoms with van der Waals surface area (Å²) in [5.41, 5.74) is 4.67. The molecule has 1 heterocycles. The summed E-state index contributed by atoms with van der Waals surface area (Å²) in [6, 6.07) is 6.02. The minimum Gasteiger partial charge on any atom is -0.308 e. The van der Waals surface area contributed by atoms with Crippen molar-refractivity contribution < 1.29 is 0 Å². The number of fused-ring (bicyclic) bond motifs is 1. The molecule has 0 fully saturated rings. The van der Waals surface area contributed by atoms with E-state index in [9.17, 15) is 4.79 Å². The number of nitrogens with zero attached hydrogens (tertiary/aromatic N) is 1. The second kappa shape index (κ2) is 3.78. The lowest BCUT2D eigenvalue weighted by Crippen LogP contribution is -2.19. The van der Waals surface area contributed by atoms with Gasteiger partial charge in [-0.2, -0.15) is 0 Å². The predicted molar refractivity (Wildman–Crippen MR) is 68.1 cm³/mol. The largest absolute Gasteiger partial charge is 0.308 e. The zero-order valence-electron chi connectivity index (χ0n) is 10.3. The minimum atomic E-state index is 0.0967. The van der Waals surface area contributed by atoms with Gasteiger partial charge in [-0.05, 0) is 44.9 Å². The number of aromatic nitrogens is 1. The van der Waals surface area contributed by atoms with Gasteiger partial charge in [0, 0.05) is 18.0 Å². The van der Waals surface area contributed by atoms with Crippen molar-refractivity contribution in [1.82, 2.24) is 4.57 Å². The van der Waals surface area contributed by atoms with Crippen molar-refractivity contribution in [3.63, 3.8) is 0 Å². The van der Waals surface area contributed by atoms with E-state index in [1.165, 1.54) is 16.5 Å². The molecule has 0 saturated carbocycles. The SMILES string of the molecule is CCn1c(=O)cc(C)c2cc(C)cc(C)c21. The predicted octanol–water partition coefficient (Wildman–Crippen LogP) is 2.95. The molecule has 0 aliphatic rings. The monoisotopic (exact) mass is 215 g/mol. The van der Waals surface area contributed by atoms with Crippen LogP contribution in [-0.4, -0.2) is 4.57 Å². The van der Waals surface area contributed by atoms with E-state index in [2.05, 4.69) is 26.0 Å². The van der Waals surface area contributed by atoms with Gasteiger partial charge in [0.25, 0.3) is 5.56 Å². The molecule has 1 aromatic carbocycles. The molecule has 2 rings (SSSR count). The highest BCUT2D eigenvalue weighted by Crippen LogP contribution is 2.22. The Labute approximate surface area is 95.5 Å². The number of benzene rings is 1. The second-order valence-electron chi connectivity index (χ2n) is 4.39. The standard InChI is InChI=1S/C14H17NO/c1-5-15-13(16)8-10(3)12-7-9(2)6-11(4)14(12)15/h6-8H,5H2,1-4H3. The third-order valence-electron chi connectivity index (χ3n) is 3.06. The van der Waals surface area contributed by atoms with E-state index < -0.39 is 0 Å². The van der Waals surface area contributed by atoms with E-state index in [0.29, 0.717) is 0 Å². The number of hydrogen-bond acceptors (Lipinski definition) is 1. The molecule has 2 heteroatoms. The highest BCUT2D eigenvalue weighted by atomic mass is 16.1. The van der Waals surface area contributed by atoms with Gasteiger partial charge >= 0.3 is 0 Å². The second-order valence-corrected chi connectivity index (χ2v) is 4.39. The fourth-order valence-corrected chi connectivity index (χ4v) is 2.38. The lowest BCUT2D eigenvalue weighted by molar-refractivity contribution is 0.756. The summed E-state index contributed by atoms with van der Waals surface area (Å²) in [6.45, 7) is 8.89. The summed E-state index contributed by atoms with van der Waals surface area (Å²) in [6.07, 6.45) is 0. The van der Waals surface area contributed by atoms with E-state index in [4.69, 9.17) is 0 Å². The van der Waals surface area contributed by atoms with Crippen molar-refractivity contribution in [2.24, 2.45) is 0 Å². The molecule has 0 N–H and O–H groups in total. The van der Waals surface area contributed by atoms with Gasteiger partial charge in [-0.15, -0.1) is 0 Å². The van der Waals surface area contributed by atoms with E-state index in [1.807, 2.05) is 18.4 Å². The maximum Gasteiger partial charge on any atom is 0.251 e. The number of rotatable bonds is 1. The highest BCUT2D eigenvalue weighted by molar-refractivity contribution is 5.86. The summed E-state index contributed by atoms with van der Waals surface area (Å²) in [5.74, 6) is 0. The van der Waals surface area contributed by atoms with Crippen LogP contribution in [0.1, 0.15) is 23.6 Å². The summed E-state index contributed by atoms with van der Waals surface area (Å²) in [4.78, 5) is 11.9. The zero-order valence-corrected chi connectivity index (χ0v) is 10.3. The molecule has 1 aromatic heterocycles. The first-order valence-electron chi connectivity index (χ1n) is 5.66. The Morgan fingerprint density at radius 1 is 1.06 bits per heavy atom. The van der Waals surface area contributed by atoms with E-state index in [-0.39, 0.29) is 5.56 Å². The summed E-state index contributed by atoms with van der Waals surface area (Å²) >= 11 is 0. The third-order valence-corrected chi connectivity index (χ3v) is 3.06. The number of hydrogen-bond donors (Lipinski definition) is 0. The van der Waals surface area contributed by atoms with Gasteiger partial charge < -0.3 is 4.57 Å². The minimum absolute atomic E-state index is 0.0967. The molecule has 84 valence electrons. The molecule has 0 radical (unpaired) electrons. The fraction of sp³-hybridized carbons (Fsp3) is 0.357. The van der Waals surface area contributed by atoms with Crippen molar-refractivity contribution in [2.75, 3.05) is 0 Å². The van der Waals surface area contributed by atoms with Gasteiger partial charge in [0.1, 0.15) is 0 Å². The normalized spacial score (nSPS) is 11.0. The van der Waals surface area contributed by atoms with Crippen LogP contribution in [0.4, 0.5) is 0 Å². The van der Waals surface area contributed by atoms with Crippen LogP contribution in [0.3, 0.4) is 0 Å². The van der Waals surface area contributed by atoms with Crippen molar-refractivity contribution in [1.29, 1.82) is 0 Å². The smallest absolute Gasteiger partial charge is 0.251 e. The van der Waals surface area contributed by atoms with Gasteiger partial charge in [0.2, 0.25) is 0 Å². The molecular weight excluding hydrogens is 198 g/mol. The molecule has 0 spiro atoms. The Morgan fingerprint density at radius 2 is 1.75 bits per heavy atom. The van der Waals surface area contributed by atoms with Gasteiger partial charge in [-0.3, -0.25) is 4.79 Å². The van der Waals surface area contributed by atoms with Crippen LogP contribution in [0.25, 0.3) is 10.9 Å². The van der Waals surface area contributed by atoms with E-state index in [0.717, 1.165) is 17.6 Å². The fourth-order valence-electron chi connectivity index (χ4n) is 2.38. The first kappa shape index (κ1) is 10.9. The quantitative estimate of drug-likeness (QED) is 0.717. The average Bonchev–Trinajstić information content (AvgIpc) is 2.20. The van der Waals surface area contributed by atoms with Crippen LogP contribution in [0.2, 0.25) is 0 Å². The molecule has 0 aliphatic heterocycles. The van der Waals surface area contributed by atoms with Crippen molar-refractivity contribution in [2.45, 2.75) is 34.2 Å². The molecule has 2 nitrogen and oxygen atoms in total. The molecule has 0 saturated heterocycles. The Balaban J connectivity index is 3.05. The Morgan fingerprint density at radius 3 is 2.38 bits per heavy atom. The molecule has 0 unspecified atom stereocenters. The first-order chi connectivity index (χ1) is 7.54. The lowest BCUT2D eigenvalue weighted by Gasteiger charge is -2.13. The van der Waals surface area contributed by atoms with Gasteiger partial charge in [-0.25, -0.2) is 0 Å².